The highest BCUT2D eigenvalue weighted by molar-refractivity contribution is 7.91. The molecular weight excluding hydrogens is 420 g/mol. The number of benzene rings is 1. The standard InChI is InChI=1S/C23H34O7S/c1-16-19(30-22(4,5)28-16)14-17-12-13-20(24)23(27-6,29-17)21(2,3)15-31(25,26)18-10-8-7-9-11-18/h7-11,16-17,19H,12-15H2,1-6H3/t16-,17+,19-,23-/m1/s1. The van der Waals surface area contributed by atoms with Crippen LogP contribution in [0.2, 0.25) is 0 Å². The van der Waals surface area contributed by atoms with Crippen molar-refractivity contribution in [1.29, 1.82) is 0 Å². The van der Waals surface area contributed by atoms with E-state index in [1.54, 1.807) is 44.2 Å². The van der Waals surface area contributed by atoms with Crippen molar-refractivity contribution in [3.05, 3.63) is 30.3 Å². The maximum Gasteiger partial charge on any atom is 0.235 e. The minimum absolute atomic E-state index is 0.111. The number of hydrogen-bond donors (Lipinski definition) is 0. The molecule has 31 heavy (non-hydrogen) atoms. The Morgan fingerprint density at radius 1 is 1.13 bits per heavy atom. The van der Waals surface area contributed by atoms with E-state index in [1.807, 2.05) is 20.8 Å². The van der Waals surface area contributed by atoms with Gasteiger partial charge in [-0.15, -0.1) is 0 Å². The largest absolute Gasteiger partial charge is 0.347 e. The van der Waals surface area contributed by atoms with Gasteiger partial charge in [-0.25, -0.2) is 8.42 Å². The lowest BCUT2D eigenvalue weighted by molar-refractivity contribution is -0.290. The molecule has 2 aliphatic rings. The SMILES string of the molecule is CO[C@@]1(C(C)(C)CS(=O)(=O)c2ccccc2)O[C@H](C[C@H]2OC(C)(C)O[C@@H]2C)CCC1=O. The number of carbonyl (C=O) groups excluding carboxylic acids is 1. The fraction of sp³-hybridized carbons (Fsp3) is 0.696. The molecule has 0 radical (unpaired) electrons. The normalized spacial score (nSPS) is 31.7. The first-order valence-electron chi connectivity index (χ1n) is 10.7. The Labute approximate surface area is 185 Å². The Balaban J connectivity index is 1.83. The Morgan fingerprint density at radius 2 is 1.77 bits per heavy atom. The van der Waals surface area contributed by atoms with Gasteiger partial charge in [-0.1, -0.05) is 32.0 Å². The monoisotopic (exact) mass is 454 g/mol. The average molecular weight is 455 g/mol. The van der Waals surface area contributed by atoms with Crippen LogP contribution in [0.15, 0.2) is 35.2 Å². The summed E-state index contributed by atoms with van der Waals surface area (Å²) in [5.41, 5.74) is -1.12. The molecule has 2 fully saturated rings. The van der Waals surface area contributed by atoms with Crippen LogP contribution in [-0.4, -0.2) is 56.9 Å². The molecule has 8 heteroatoms. The van der Waals surface area contributed by atoms with Crippen LogP contribution in [0.4, 0.5) is 0 Å². The predicted octanol–water partition coefficient (Wildman–Crippen LogP) is 3.51. The Bertz CT molecular complexity index is 894. The summed E-state index contributed by atoms with van der Waals surface area (Å²) in [6.45, 7) is 9.10. The number of carbonyl (C=O) groups is 1. The van der Waals surface area contributed by atoms with Crippen LogP contribution in [0.25, 0.3) is 0 Å². The van der Waals surface area contributed by atoms with Crippen LogP contribution in [0.5, 0.6) is 0 Å². The van der Waals surface area contributed by atoms with Crippen molar-refractivity contribution in [2.45, 2.75) is 88.7 Å². The minimum atomic E-state index is -3.66. The highest BCUT2D eigenvalue weighted by Gasteiger charge is 2.58. The van der Waals surface area contributed by atoms with Gasteiger partial charge in [-0.2, -0.15) is 0 Å². The van der Waals surface area contributed by atoms with Crippen molar-refractivity contribution in [2.75, 3.05) is 12.9 Å². The van der Waals surface area contributed by atoms with Crippen molar-refractivity contribution in [3.63, 3.8) is 0 Å². The van der Waals surface area contributed by atoms with Gasteiger partial charge in [-0.3, -0.25) is 4.79 Å². The Morgan fingerprint density at radius 3 is 2.32 bits per heavy atom. The molecule has 4 atom stereocenters. The molecule has 7 nitrogen and oxygen atoms in total. The average Bonchev–Trinajstić information content (AvgIpc) is 2.94. The molecule has 2 heterocycles. The molecule has 174 valence electrons. The number of methoxy groups -OCH3 is 1. The van der Waals surface area contributed by atoms with Gasteiger partial charge in [0.25, 0.3) is 0 Å². The van der Waals surface area contributed by atoms with E-state index < -0.39 is 26.8 Å². The number of ketones is 1. The summed E-state index contributed by atoms with van der Waals surface area (Å²) in [6, 6.07) is 8.22. The zero-order valence-electron chi connectivity index (χ0n) is 19.2. The maximum absolute atomic E-state index is 13.1. The highest BCUT2D eigenvalue weighted by atomic mass is 32.2. The van der Waals surface area contributed by atoms with Crippen molar-refractivity contribution >= 4 is 15.6 Å². The van der Waals surface area contributed by atoms with E-state index in [0.717, 1.165) is 0 Å². The molecule has 0 aliphatic carbocycles. The zero-order valence-corrected chi connectivity index (χ0v) is 20.0. The van der Waals surface area contributed by atoms with E-state index in [4.69, 9.17) is 18.9 Å². The van der Waals surface area contributed by atoms with E-state index in [0.29, 0.717) is 12.8 Å². The number of Topliss-reactive ketones (excluding diaryl/α,β-unsaturated/α-hetero) is 1. The summed E-state index contributed by atoms with van der Waals surface area (Å²) < 4.78 is 49.9. The van der Waals surface area contributed by atoms with Crippen LogP contribution in [-0.2, 0) is 33.6 Å². The Hall–Kier alpha value is -1.32. The van der Waals surface area contributed by atoms with Gasteiger partial charge in [0.1, 0.15) is 0 Å². The van der Waals surface area contributed by atoms with Gasteiger partial charge in [0.15, 0.2) is 21.4 Å². The number of hydrogen-bond acceptors (Lipinski definition) is 7. The summed E-state index contributed by atoms with van der Waals surface area (Å²) in [4.78, 5) is 13.3. The van der Waals surface area contributed by atoms with Crippen LogP contribution in [0, 0.1) is 5.41 Å². The first-order chi connectivity index (χ1) is 14.3. The maximum atomic E-state index is 13.1. The van der Waals surface area contributed by atoms with E-state index in [1.165, 1.54) is 7.11 Å². The molecule has 1 aromatic rings. The molecule has 2 aliphatic heterocycles. The summed E-state index contributed by atoms with van der Waals surface area (Å²) in [6.07, 6.45) is 0.696. The van der Waals surface area contributed by atoms with Crippen molar-refractivity contribution in [3.8, 4) is 0 Å². The topological polar surface area (TPSA) is 88.1 Å². The third-order valence-corrected chi connectivity index (χ3v) is 8.24. The molecule has 0 aromatic heterocycles. The molecule has 0 spiro atoms. The van der Waals surface area contributed by atoms with Gasteiger partial charge >= 0.3 is 0 Å². The molecule has 0 unspecified atom stereocenters. The molecule has 1 aromatic carbocycles. The Kier molecular flexibility index (Phi) is 6.71. The first-order valence-corrected chi connectivity index (χ1v) is 12.4. The van der Waals surface area contributed by atoms with Crippen molar-refractivity contribution < 1.29 is 32.2 Å². The summed E-state index contributed by atoms with van der Waals surface area (Å²) in [5.74, 6) is -2.86. The molecule has 0 saturated carbocycles. The van der Waals surface area contributed by atoms with Gasteiger partial charge in [0, 0.05) is 25.4 Å². The second-order valence-corrected chi connectivity index (χ2v) is 11.6. The van der Waals surface area contributed by atoms with Crippen molar-refractivity contribution in [2.24, 2.45) is 5.41 Å². The minimum Gasteiger partial charge on any atom is -0.347 e. The lowest BCUT2D eigenvalue weighted by Crippen LogP contribution is -2.61. The highest BCUT2D eigenvalue weighted by Crippen LogP contribution is 2.44. The van der Waals surface area contributed by atoms with E-state index in [2.05, 4.69) is 0 Å². The summed E-state index contributed by atoms with van der Waals surface area (Å²) in [5, 5.41) is 0. The second-order valence-electron chi connectivity index (χ2n) is 9.59. The molecule has 0 amide bonds. The van der Waals surface area contributed by atoms with Crippen molar-refractivity contribution in [1.82, 2.24) is 0 Å². The van der Waals surface area contributed by atoms with E-state index in [9.17, 15) is 13.2 Å². The second kappa shape index (κ2) is 8.56. The third kappa shape index (κ3) is 4.88. The van der Waals surface area contributed by atoms with Crippen LogP contribution >= 0.6 is 0 Å². The molecule has 2 saturated heterocycles. The zero-order chi connectivity index (χ0) is 23.1. The summed E-state index contributed by atoms with van der Waals surface area (Å²) >= 11 is 0. The van der Waals surface area contributed by atoms with Crippen LogP contribution < -0.4 is 0 Å². The van der Waals surface area contributed by atoms with Crippen LogP contribution in [0.1, 0.15) is 53.9 Å². The van der Waals surface area contributed by atoms with E-state index >= 15 is 0 Å². The molecule has 0 N–H and O–H groups in total. The fourth-order valence-electron chi connectivity index (χ4n) is 4.75. The number of ether oxygens (including phenoxy) is 4. The number of rotatable bonds is 7. The van der Waals surface area contributed by atoms with E-state index in [-0.39, 0.29) is 41.2 Å². The molecule has 0 bridgehead atoms. The lowest BCUT2D eigenvalue weighted by atomic mass is 9.78. The van der Waals surface area contributed by atoms with Gasteiger partial charge in [0.05, 0.1) is 29.0 Å². The smallest absolute Gasteiger partial charge is 0.235 e. The quantitative estimate of drug-likeness (QED) is 0.623. The van der Waals surface area contributed by atoms with Gasteiger partial charge < -0.3 is 18.9 Å². The predicted molar refractivity (Wildman–Crippen MR) is 115 cm³/mol. The molecular formula is C23H34O7S. The first kappa shape index (κ1) is 24.3. The summed E-state index contributed by atoms with van der Waals surface area (Å²) in [7, 11) is -2.26. The van der Waals surface area contributed by atoms with Gasteiger partial charge in [0.2, 0.25) is 5.79 Å². The lowest BCUT2D eigenvalue weighted by Gasteiger charge is -2.48. The van der Waals surface area contributed by atoms with Gasteiger partial charge in [-0.05, 0) is 39.3 Å². The van der Waals surface area contributed by atoms with Crippen LogP contribution in [0.3, 0.4) is 0 Å². The third-order valence-electron chi connectivity index (χ3n) is 6.15. The number of sulfone groups is 1. The molecule has 3 rings (SSSR count). The fourth-order valence-corrected chi connectivity index (χ4v) is 6.63.